The Morgan fingerprint density at radius 3 is 2.09 bits per heavy atom. The highest BCUT2D eigenvalue weighted by Gasteiger charge is 2.12. The second kappa shape index (κ2) is 6.78. The molecule has 0 spiro atoms. The summed E-state index contributed by atoms with van der Waals surface area (Å²) in [5.41, 5.74) is 10.9. The summed E-state index contributed by atoms with van der Waals surface area (Å²) in [4.78, 5) is 0. The number of benzene rings is 3. The van der Waals surface area contributed by atoms with E-state index < -0.39 is 0 Å². The molecule has 0 saturated carbocycles. The lowest BCUT2D eigenvalue weighted by Crippen LogP contribution is -2.14. The van der Waals surface area contributed by atoms with Crippen LogP contribution in [0.25, 0.3) is 11.1 Å². The zero-order chi connectivity index (χ0) is 15.4. The van der Waals surface area contributed by atoms with Crippen molar-refractivity contribution in [1.29, 1.82) is 0 Å². The Bertz CT molecular complexity index is 738. The molecule has 0 radical (unpaired) electrons. The van der Waals surface area contributed by atoms with Gasteiger partial charge in [-0.05, 0) is 40.8 Å². The predicted molar refractivity (Wildman–Crippen MR) is 94.0 cm³/mol. The minimum absolute atomic E-state index is 0.112. The third-order valence-electron chi connectivity index (χ3n) is 3.80. The second-order valence-electron chi connectivity index (χ2n) is 5.40. The first-order valence-corrected chi connectivity index (χ1v) is 7.76. The second-order valence-corrected chi connectivity index (χ2v) is 5.81. The van der Waals surface area contributed by atoms with Gasteiger partial charge in [-0.15, -0.1) is 0 Å². The van der Waals surface area contributed by atoms with Crippen molar-refractivity contribution in [2.75, 3.05) is 0 Å². The van der Waals surface area contributed by atoms with Gasteiger partial charge in [0.1, 0.15) is 0 Å². The average molecular weight is 308 g/mol. The summed E-state index contributed by atoms with van der Waals surface area (Å²) in [6.45, 7) is 0. The van der Waals surface area contributed by atoms with E-state index in [-0.39, 0.29) is 6.04 Å². The summed E-state index contributed by atoms with van der Waals surface area (Å²) in [6, 6.07) is 26.5. The molecule has 0 amide bonds. The molecule has 1 atom stereocenters. The molecule has 3 aromatic carbocycles. The maximum Gasteiger partial charge on any atom is 0.0454 e. The molecule has 0 aliphatic rings. The Morgan fingerprint density at radius 1 is 0.773 bits per heavy atom. The van der Waals surface area contributed by atoms with Crippen LogP contribution in [-0.2, 0) is 6.42 Å². The molecule has 22 heavy (non-hydrogen) atoms. The maximum atomic E-state index is 6.39. The summed E-state index contributed by atoms with van der Waals surface area (Å²) in [5, 5.41) is 0.725. The van der Waals surface area contributed by atoms with Crippen molar-refractivity contribution in [3.05, 3.63) is 95.0 Å². The van der Waals surface area contributed by atoms with Crippen LogP contribution in [0, 0.1) is 0 Å². The van der Waals surface area contributed by atoms with Crippen molar-refractivity contribution in [2.24, 2.45) is 5.73 Å². The minimum atomic E-state index is -0.112. The minimum Gasteiger partial charge on any atom is -0.324 e. The predicted octanol–water partition coefficient (Wildman–Crippen LogP) is 5.25. The Morgan fingerprint density at radius 2 is 1.41 bits per heavy atom. The van der Waals surface area contributed by atoms with E-state index in [1.807, 2.05) is 48.5 Å². The molecule has 2 heteroatoms. The van der Waals surface area contributed by atoms with Gasteiger partial charge in [-0.3, -0.25) is 0 Å². The first-order chi connectivity index (χ1) is 10.7. The topological polar surface area (TPSA) is 26.0 Å². The van der Waals surface area contributed by atoms with E-state index in [1.165, 1.54) is 11.1 Å². The van der Waals surface area contributed by atoms with Crippen LogP contribution in [0.15, 0.2) is 78.9 Å². The molecule has 0 bridgehead atoms. The van der Waals surface area contributed by atoms with Gasteiger partial charge in [0.15, 0.2) is 0 Å². The van der Waals surface area contributed by atoms with E-state index in [1.54, 1.807) is 0 Å². The standard InChI is InChI=1S/C20H18ClN/c21-19-12-11-17(16-9-5-2-6-10-16)14-18(19)20(22)13-15-7-3-1-4-8-15/h1-12,14,20H,13,22H2. The fourth-order valence-electron chi connectivity index (χ4n) is 2.62. The SMILES string of the molecule is NC(Cc1ccccc1)c1cc(-c2ccccc2)ccc1Cl. The fraction of sp³-hybridized carbons (Fsp3) is 0.100. The van der Waals surface area contributed by atoms with E-state index >= 15 is 0 Å². The quantitative estimate of drug-likeness (QED) is 0.700. The molecule has 1 unspecified atom stereocenters. The number of halogens is 1. The lowest BCUT2D eigenvalue weighted by Gasteiger charge is -2.15. The van der Waals surface area contributed by atoms with Crippen molar-refractivity contribution >= 4 is 11.6 Å². The van der Waals surface area contributed by atoms with Crippen molar-refractivity contribution in [2.45, 2.75) is 12.5 Å². The highest BCUT2D eigenvalue weighted by molar-refractivity contribution is 6.31. The molecule has 1 nitrogen and oxygen atoms in total. The Kier molecular flexibility index (Phi) is 4.57. The van der Waals surface area contributed by atoms with E-state index in [0.29, 0.717) is 0 Å². The van der Waals surface area contributed by atoms with Crippen LogP contribution >= 0.6 is 11.6 Å². The molecule has 3 aromatic rings. The molecule has 110 valence electrons. The van der Waals surface area contributed by atoms with Gasteiger partial charge < -0.3 is 5.73 Å². The van der Waals surface area contributed by atoms with Crippen molar-refractivity contribution in [1.82, 2.24) is 0 Å². The third kappa shape index (κ3) is 3.38. The number of nitrogens with two attached hydrogens (primary N) is 1. The van der Waals surface area contributed by atoms with Gasteiger partial charge in [-0.2, -0.15) is 0 Å². The molecular formula is C20H18ClN. The van der Waals surface area contributed by atoms with E-state index in [9.17, 15) is 0 Å². The van der Waals surface area contributed by atoms with Crippen LogP contribution in [0.2, 0.25) is 5.02 Å². The summed E-state index contributed by atoms with van der Waals surface area (Å²) < 4.78 is 0. The highest BCUT2D eigenvalue weighted by Crippen LogP contribution is 2.29. The monoisotopic (exact) mass is 307 g/mol. The van der Waals surface area contributed by atoms with Crippen LogP contribution in [0.3, 0.4) is 0 Å². The molecule has 0 fully saturated rings. The van der Waals surface area contributed by atoms with Gasteiger partial charge in [-0.25, -0.2) is 0 Å². The van der Waals surface area contributed by atoms with Gasteiger partial charge in [0.2, 0.25) is 0 Å². The lowest BCUT2D eigenvalue weighted by atomic mass is 9.96. The first kappa shape index (κ1) is 14.8. The first-order valence-electron chi connectivity index (χ1n) is 7.38. The molecule has 0 aliphatic carbocycles. The Labute approximate surface area is 136 Å². The summed E-state index contributed by atoms with van der Waals surface area (Å²) >= 11 is 6.36. The largest absolute Gasteiger partial charge is 0.324 e. The molecule has 3 rings (SSSR count). The van der Waals surface area contributed by atoms with Crippen LogP contribution in [0.4, 0.5) is 0 Å². The number of hydrogen-bond acceptors (Lipinski definition) is 1. The van der Waals surface area contributed by atoms with Crippen LogP contribution in [-0.4, -0.2) is 0 Å². The molecule has 0 aromatic heterocycles. The van der Waals surface area contributed by atoms with Crippen LogP contribution in [0.1, 0.15) is 17.2 Å². The Hall–Kier alpha value is -2.09. The summed E-state index contributed by atoms with van der Waals surface area (Å²) in [6.07, 6.45) is 0.777. The fourth-order valence-corrected chi connectivity index (χ4v) is 2.87. The molecule has 0 saturated heterocycles. The van der Waals surface area contributed by atoms with E-state index in [2.05, 4.69) is 30.3 Å². The maximum absolute atomic E-state index is 6.39. The highest BCUT2D eigenvalue weighted by atomic mass is 35.5. The van der Waals surface area contributed by atoms with Gasteiger partial charge in [0.05, 0.1) is 0 Å². The zero-order valence-corrected chi connectivity index (χ0v) is 13.0. The zero-order valence-electron chi connectivity index (χ0n) is 12.2. The molecule has 0 aliphatic heterocycles. The van der Waals surface area contributed by atoms with Crippen LogP contribution in [0.5, 0.6) is 0 Å². The number of rotatable bonds is 4. The average Bonchev–Trinajstić information content (AvgIpc) is 2.57. The smallest absolute Gasteiger partial charge is 0.0454 e. The van der Waals surface area contributed by atoms with Crippen molar-refractivity contribution in [3.8, 4) is 11.1 Å². The van der Waals surface area contributed by atoms with Crippen LogP contribution < -0.4 is 5.73 Å². The van der Waals surface area contributed by atoms with Crippen molar-refractivity contribution in [3.63, 3.8) is 0 Å². The normalized spacial score (nSPS) is 12.1. The van der Waals surface area contributed by atoms with E-state index in [4.69, 9.17) is 17.3 Å². The summed E-state index contributed by atoms with van der Waals surface area (Å²) in [7, 11) is 0. The van der Waals surface area contributed by atoms with Gasteiger partial charge in [-0.1, -0.05) is 78.3 Å². The molecule has 2 N–H and O–H groups in total. The van der Waals surface area contributed by atoms with Gasteiger partial charge in [0, 0.05) is 11.1 Å². The van der Waals surface area contributed by atoms with Gasteiger partial charge >= 0.3 is 0 Å². The molecule has 0 heterocycles. The lowest BCUT2D eigenvalue weighted by molar-refractivity contribution is 0.722. The van der Waals surface area contributed by atoms with Crippen molar-refractivity contribution < 1.29 is 0 Å². The third-order valence-corrected chi connectivity index (χ3v) is 4.15. The van der Waals surface area contributed by atoms with E-state index in [0.717, 1.165) is 22.6 Å². The Balaban J connectivity index is 1.90. The summed E-state index contributed by atoms with van der Waals surface area (Å²) in [5.74, 6) is 0. The molecular weight excluding hydrogens is 290 g/mol. The van der Waals surface area contributed by atoms with Gasteiger partial charge in [0.25, 0.3) is 0 Å². The number of hydrogen-bond donors (Lipinski definition) is 1.